The SMILES string of the molecule is CCN(c1ccccc1)c1ccnc(N2CCCC(C)C2)n1. The van der Waals surface area contributed by atoms with E-state index in [1.165, 1.54) is 18.5 Å². The Labute approximate surface area is 132 Å². The van der Waals surface area contributed by atoms with Crippen molar-refractivity contribution in [1.82, 2.24) is 9.97 Å². The second-order valence-corrected chi connectivity index (χ2v) is 5.99. The molecule has 2 aromatic rings. The Morgan fingerprint density at radius 2 is 2.05 bits per heavy atom. The molecule has 1 aliphatic heterocycles. The van der Waals surface area contributed by atoms with Crippen molar-refractivity contribution in [2.24, 2.45) is 5.92 Å². The fourth-order valence-electron chi connectivity index (χ4n) is 3.10. The minimum atomic E-state index is 0.720. The van der Waals surface area contributed by atoms with E-state index >= 15 is 0 Å². The zero-order valence-electron chi connectivity index (χ0n) is 13.4. The Kier molecular flexibility index (Phi) is 4.56. The molecular weight excluding hydrogens is 272 g/mol. The Hall–Kier alpha value is -2.10. The molecule has 1 unspecified atom stereocenters. The zero-order valence-corrected chi connectivity index (χ0v) is 13.4. The van der Waals surface area contributed by atoms with Crippen LogP contribution in [0.1, 0.15) is 26.7 Å². The van der Waals surface area contributed by atoms with E-state index in [1.54, 1.807) is 0 Å². The van der Waals surface area contributed by atoms with Crippen molar-refractivity contribution >= 4 is 17.5 Å². The van der Waals surface area contributed by atoms with E-state index in [0.717, 1.165) is 37.3 Å². The minimum absolute atomic E-state index is 0.720. The summed E-state index contributed by atoms with van der Waals surface area (Å²) in [5, 5.41) is 0. The molecule has 0 aliphatic carbocycles. The van der Waals surface area contributed by atoms with Crippen molar-refractivity contribution in [2.75, 3.05) is 29.4 Å². The number of rotatable bonds is 4. The van der Waals surface area contributed by atoms with E-state index in [4.69, 9.17) is 4.98 Å². The number of piperidine rings is 1. The summed E-state index contributed by atoms with van der Waals surface area (Å²) in [5.41, 5.74) is 1.17. The van der Waals surface area contributed by atoms with Crippen molar-refractivity contribution in [3.63, 3.8) is 0 Å². The highest BCUT2D eigenvalue weighted by Gasteiger charge is 2.19. The Morgan fingerprint density at radius 3 is 2.77 bits per heavy atom. The largest absolute Gasteiger partial charge is 0.341 e. The summed E-state index contributed by atoms with van der Waals surface area (Å²) in [4.78, 5) is 13.9. The van der Waals surface area contributed by atoms with Gasteiger partial charge in [0.15, 0.2) is 0 Å². The van der Waals surface area contributed by atoms with Crippen LogP contribution in [-0.2, 0) is 0 Å². The summed E-state index contributed by atoms with van der Waals surface area (Å²) in [7, 11) is 0. The van der Waals surface area contributed by atoms with Crippen LogP contribution < -0.4 is 9.80 Å². The smallest absolute Gasteiger partial charge is 0.227 e. The molecule has 0 amide bonds. The van der Waals surface area contributed by atoms with Gasteiger partial charge in [0.25, 0.3) is 0 Å². The molecule has 0 radical (unpaired) electrons. The Balaban J connectivity index is 1.86. The lowest BCUT2D eigenvalue weighted by Crippen LogP contribution is -2.35. The number of aromatic nitrogens is 2. The summed E-state index contributed by atoms with van der Waals surface area (Å²) in [6.07, 6.45) is 4.41. The van der Waals surface area contributed by atoms with E-state index in [0.29, 0.717) is 0 Å². The molecule has 4 nitrogen and oxygen atoms in total. The zero-order chi connectivity index (χ0) is 15.4. The molecule has 1 atom stereocenters. The number of para-hydroxylation sites is 1. The van der Waals surface area contributed by atoms with Crippen LogP contribution >= 0.6 is 0 Å². The van der Waals surface area contributed by atoms with Gasteiger partial charge in [-0.2, -0.15) is 4.98 Å². The number of hydrogen-bond donors (Lipinski definition) is 0. The number of benzene rings is 1. The van der Waals surface area contributed by atoms with E-state index in [2.05, 4.69) is 52.9 Å². The average molecular weight is 296 g/mol. The van der Waals surface area contributed by atoms with Crippen molar-refractivity contribution in [3.8, 4) is 0 Å². The molecule has 0 spiro atoms. The Bertz CT molecular complexity index is 599. The normalized spacial score (nSPS) is 18.3. The highest BCUT2D eigenvalue weighted by Crippen LogP contribution is 2.25. The summed E-state index contributed by atoms with van der Waals surface area (Å²) < 4.78 is 0. The van der Waals surface area contributed by atoms with E-state index in [1.807, 2.05) is 18.3 Å². The van der Waals surface area contributed by atoms with Crippen LogP contribution in [0.3, 0.4) is 0 Å². The predicted octanol–water partition coefficient (Wildman–Crippen LogP) is 3.87. The third-order valence-electron chi connectivity index (χ3n) is 4.23. The molecule has 22 heavy (non-hydrogen) atoms. The van der Waals surface area contributed by atoms with Crippen LogP contribution in [0.4, 0.5) is 17.5 Å². The molecule has 3 rings (SSSR count). The summed E-state index contributed by atoms with van der Waals surface area (Å²) in [6.45, 7) is 7.46. The molecule has 116 valence electrons. The third-order valence-corrected chi connectivity index (χ3v) is 4.23. The molecule has 1 aromatic heterocycles. The van der Waals surface area contributed by atoms with Gasteiger partial charge in [0.1, 0.15) is 5.82 Å². The molecule has 0 saturated carbocycles. The number of anilines is 3. The van der Waals surface area contributed by atoms with Gasteiger partial charge in [0.05, 0.1) is 0 Å². The first-order chi connectivity index (χ1) is 10.8. The fourth-order valence-corrected chi connectivity index (χ4v) is 3.10. The molecule has 0 N–H and O–H groups in total. The first-order valence-corrected chi connectivity index (χ1v) is 8.18. The molecule has 1 aliphatic rings. The first-order valence-electron chi connectivity index (χ1n) is 8.18. The van der Waals surface area contributed by atoms with Crippen molar-refractivity contribution < 1.29 is 0 Å². The van der Waals surface area contributed by atoms with Gasteiger partial charge in [-0.3, -0.25) is 0 Å². The molecule has 4 heteroatoms. The summed E-state index contributed by atoms with van der Waals surface area (Å²) in [6, 6.07) is 12.4. The van der Waals surface area contributed by atoms with Crippen LogP contribution in [0.25, 0.3) is 0 Å². The van der Waals surface area contributed by atoms with Crippen LogP contribution in [0.5, 0.6) is 0 Å². The lowest BCUT2D eigenvalue weighted by Gasteiger charge is -2.31. The minimum Gasteiger partial charge on any atom is -0.341 e. The highest BCUT2D eigenvalue weighted by atomic mass is 15.3. The van der Waals surface area contributed by atoms with Crippen LogP contribution in [-0.4, -0.2) is 29.6 Å². The van der Waals surface area contributed by atoms with Gasteiger partial charge in [-0.25, -0.2) is 4.98 Å². The quantitative estimate of drug-likeness (QED) is 0.857. The monoisotopic (exact) mass is 296 g/mol. The van der Waals surface area contributed by atoms with Crippen LogP contribution in [0.15, 0.2) is 42.6 Å². The molecular formula is C18H24N4. The summed E-state index contributed by atoms with van der Waals surface area (Å²) in [5.74, 6) is 2.55. The van der Waals surface area contributed by atoms with Gasteiger partial charge >= 0.3 is 0 Å². The van der Waals surface area contributed by atoms with E-state index < -0.39 is 0 Å². The van der Waals surface area contributed by atoms with Crippen molar-refractivity contribution in [3.05, 3.63) is 42.6 Å². The maximum atomic E-state index is 4.82. The third kappa shape index (κ3) is 3.21. The van der Waals surface area contributed by atoms with Gasteiger partial charge in [-0.15, -0.1) is 0 Å². The molecule has 0 bridgehead atoms. The number of hydrogen-bond acceptors (Lipinski definition) is 4. The molecule has 2 heterocycles. The van der Waals surface area contributed by atoms with Gasteiger partial charge in [0, 0.05) is 31.5 Å². The average Bonchev–Trinajstić information content (AvgIpc) is 2.57. The van der Waals surface area contributed by atoms with Crippen LogP contribution in [0, 0.1) is 5.92 Å². The van der Waals surface area contributed by atoms with Crippen molar-refractivity contribution in [1.29, 1.82) is 0 Å². The topological polar surface area (TPSA) is 32.3 Å². The fraction of sp³-hybridized carbons (Fsp3) is 0.444. The second kappa shape index (κ2) is 6.77. The standard InChI is InChI=1S/C18H24N4/c1-3-22(16-9-5-4-6-10-16)17-11-12-19-18(20-17)21-13-7-8-15(2)14-21/h4-6,9-12,15H,3,7-8,13-14H2,1-2H3. The predicted molar refractivity (Wildman–Crippen MR) is 91.8 cm³/mol. The first kappa shape index (κ1) is 14.8. The maximum Gasteiger partial charge on any atom is 0.227 e. The molecule has 1 saturated heterocycles. The van der Waals surface area contributed by atoms with E-state index in [9.17, 15) is 0 Å². The molecule has 1 fully saturated rings. The van der Waals surface area contributed by atoms with E-state index in [-0.39, 0.29) is 0 Å². The maximum absolute atomic E-state index is 4.82. The van der Waals surface area contributed by atoms with Gasteiger partial charge in [0.2, 0.25) is 5.95 Å². The number of nitrogens with zero attached hydrogens (tertiary/aromatic N) is 4. The second-order valence-electron chi connectivity index (χ2n) is 5.99. The lowest BCUT2D eigenvalue weighted by molar-refractivity contribution is 0.442. The van der Waals surface area contributed by atoms with Gasteiger partial charge < -0.3 is 9.80 Å². The van der Waals surface area contributed by atoms with Crippen LogP contribution in [0.2, 0.25) is 0 Å². The van der Waals surface area contributed by atoms with Crippen molar-refractivity contribution in [2.45, 2.75) is 26.7 Å². The summed E-state index contributed by atoms with van der Waals surface area (Å²) >= 11 is 0. The highest BCUT2D eigenvalue weighted by molar-refractivity contribution is 5.60. The molecule has 1 aromatic carbocycles. The van der Waals surface area contributed by atoms with Gasteiger partial charge in [-0.05, 0) is 43.9 Å². The van der Waals surface area contributed by atoms with Gasteiger partial charge in [-0.1, -0.05) is 25.1 Å². The Morgan fingerprint density at radius 1 is 1.23 bits per heavy atom. The lowest BCUT2D eigenvalue weighted by atomic mass is 10.0.